The predicted molar refractivity (Wildman–Crippen MR) is 96.9 cm³/mol. The van der Waals surface area contributed by atoms with Crippen LogP contribution in [0.3, 0.4) is 0 Å². The van der Waals surface area contributed by atoms with Gasteiger partial charge in [-0.2, -0.15) is 10.2 Å². The van der Waals surface area contributed by atoms with E-state index in [0.29, 0.717) is 17.1 Å². The van der Waals surface area contributed by atoms with Crippen molar-refractivity contribution >= 4 is 22.6 Å². The number of hydrogen-bond donors (Lipinski definition) is 1. The van der Waals surface area contributed by atoms with E-state index in [0.717, 1.165) is 23.0 Å². The third-order valence-electron chi connectivity index (χ3n) is 4.18. The predicted octanol–water partition coefficient (Wildman–Crippen LogP) is 3.35. The van der Waals surface area contributed by atoms with Crippen molar-refractivity contribution in [2.45, 2.75) is 6.54 Å². The smallest absolute Gasteiger partial charge is 0.247 e. The largest absolute Gasteiger partial charge is 0.307 e. The molecule has 0 spiro atoms. The van der Waals surface area contributed by atoms with Crippen molar-refractivity contribution in [3.05, 3.63) is 66.4 Å². The topological polar surface area (TPSA) is 64.7 Å². The van der Waals surface area contributed by atoms with E-state index in [9.17, 15) is 13.6 Å². The number of fused-ring (bicyclic) bond motifs is 1. The molecule has 0 unspecified atom stereocenters. The van der Waals surface area contributed by atoms with Crippen molar-refractivity contribution in [2.75, 3.05) is 5.32 Å². The van der Waals surface area contributed by atoms with Crippen molar-refractivity contribution in [1.82, 2.24) is 19.6 Å². The zero-order chi connectivity index (χ0) is 19.0. The first kappa shape index (κ1) is 16.9. The average molecular weight is 367 g/mol. The summed E-state index contributed by atoms with van der Waals surface area (Å²) in [5, 5.41) is 12.2. The van der Waals surface area contributed by atoms with Gasteiger partial charge in [-0.15, -0.1) is 0 Å². The highest BCUT2D eigenvalue weighted by atomic mass is 19.2. The Hall–Kier alpha value is -3.55. The quantitative estimate of drug-likeness (QED) is 0.602. The first-order chi connectivity index (χ1) is 13.0. The van der Waals surface area contributed by atoms with Crippen LogP contribution in [0, 0.1) is 11.6 Å². The fourth-order valence-electron chi connectivity index (χ4n) is 2.88. The third kappa shape index (κ3) is 3.29. The van der Waals surface area contributed by atoms with Crippen LogP contribution >= 0.6 is 0 Å². The van der Waals surface area contributed by atoms with Crippen LogP contribution in [0.15, 0.2) is 54.7 Å². The van der Waals surface area contributed by atoms with E-state index in [1.165, 1.54) is 10.7 Å². The maximum atomic E-state index is 13.4. The molecular weight excluding hydrogens is 352 g/mol. The standard InChI is InChI=1S/C19H15F2N5O/c1-25-17-5-3-2-4-13(17)19(24-25)22-18(27)11-26-9-8-16(23-26)12-6-7-14(20)15(21)10-12/h2-10H,11H2,1H3,(H,22,24,27). The first-order valence-electron chi connectivity index (χ1n) is 8.22. The summed E-state index contributed by atoms with van der Waals surface area (Å²) in [5.74, 6) is -1.67. The number of anilines is 1. The Morgan fingerprint density at radius 3 is 2.70 bits per heavy atom. The molecule has 0 fully saturated rings. The maximum absolute atomic E-state index is 13.4. The van der Waals surface area contributed by atoms with Gasteiger partial charge in [0.25, 0.3) is 0 Å². The Morgan fingerprint density at radius 2 is 1.89 bits per heavy atom. The molecular formula is C19H15F2N5O. The van der Waals surface area contributed by atoms with E-state index in [-0.39, 0.29) is 12.5 Å². The van der Waals surface area contributed by atoms with Gasteiger partial charge in [-0.25, -0.2) is 8.78 Å². The number of amides is 1. The summed E-state index contributed by atoms with van der Waals surface area (Å²) < 4.78 is 29.5. The second kappa shape index (κ2) is 6.64. The van der Waals surface area contributed by atoms with Crippen molar-refractivity contribution in [3.63, 3.8) is 0 Å². The zero-order valence-corrected chi connectivity index (χ0v) is 14.4. The number of nitrogens with zero attached hydrogens (tertiary/aromatic N) is 4. The summed E-state index contributed by atoms with van der Waals surface area (Å²) in [6.45, 7) is -0.0332. The Bertz CT molecular complexity index is 1150. The number of aromatic nitrogens is 4. The van der Waals surface area contributed by atoms with Gasteiger partial charge in [0.1, 0.15) is 6.54 Å². The molecule has 1 amide bonds. The van der Waals surface area contributed by atoms with Crippen LogP contribution in [-0.2, 0) is 18.4 Å². The average Bonchev–Trinajstić information content (AvgIpc) is 3.23. The van der Waals surface area contributed by atoms with Gasteiger partial charge < -0.3 is 5.32 Å². The number of carbonyl (C=O) groups excluding carboxylic acids is 1. The van der Waals surface area contributed by atoms with E-state index >= 15 is 0 Å². The van der Waals surface area contributed by atoms with E-state index in [1.54, 1.807) is 24.0 Å². The monoisotopic (exact) mass is 367 g/mol. The minimum absolute atomic E-state index is 0.0332. The Morgan fingerprint density at radius 1 is 1.07 bits per heavy atom. The molecule has 0 saturated carbocycles. The van der Waals surface area contributed by atoms with Crippen molar-refractivity contribution < 1.29 is 13.6 Å². The lowest BCUT2D eigenvalue weighted by Gasteiger charge is -2.03. The summed E-state index contributed by atoms with van der Waals surface area (Å²) in [6.07, 6.45) is 1.60. The highest BCUT2D eigenvalue weighted by Gasteiger charge is 2.13. The summed E-state index contributed by atoms with van der Waals surface area (Å²) in [5.41, 5.74) is 1.79. The van der Waals surface area contributed by atoms with Gasteiger partial charge in [-0.3, -0.25) is 14.2 Å². The molecule has 2 aromatic carbocycles. The van der Waals surface area contributed by atoms with Crippen molar-refractivity contribution in [3.8, 4) is 11.3 Å². The molecule has 0 atom stereocenters. The number of carbonyl (C=O) groups is 1. The van der Waals surface area contributed by atoms with Crippen LogP contribution in [0.4, 0.5) is 14.6 Å². The molecule has 4 rings (SSSR count). The van der Waals surface area contributed by atoms with Gasteiger partial charge >= 0.3 is 0 Å². The fourth-order valence-corrected chi connectivity index (χ4v) is 2.88. The molecule has 0 aliphatic rings. The Kier molecular flexibility index (Phi) is 4.15. The normalized spacial score (nSPS) is 11.1. The number of benzene rings is 2. The first-order valence-corrected chi connectivity index (χ1v) is 8.22. The summed E-state index contributed by atoms with van der Waals surface area (Å²) >= 11 is 0. The molecule has 6 nitrogen and oxygen atoms in total. The van der Waals surface area contributed by atoms with Crippen LogP contribution < -0.4 is 5.32 Å². The molecule has 8 heteroatoms. The van der Waals surface area contributed by atoms with Gasteiger partial charge in [0.2, 0.25) is 5.91 Å². The molecule has 27 heavy (non-hydrogen) atoms. The minimum atomic E-state index is -0.943. The molecule has 0 radical (unpaired) electrons. The van der Waals surface area contributed by atoms with Crippen LogP contribution in [0.2, 0.25) is 0 Å². The molecule has 2 heterocycles. The van der Waals surface area contributed by atoms with Crippen LogP contribution in [0.5, 0.6) is 0 Å². The van der Waals surface area contributed by atoms with Gasteiger partial charge in [-0.1, -0.05) is 12.1 Å². The van der Waals surface area contributed by atoms with E-state index in [4.69, 9.17) is 0 Å². The zero-order valence-electron chi connectivity index (χ0n) is 14.4. The number of halogens is 2. The number of para-hydroxylation sites is 1. The molecule has 1 N–H and O–H groups in total. The lowest BCUT2D eigenvalue weighted by Crippen LogP contribution is -2.19. The van der Waals surface area contributed by atoms with E-state index in [1.807, 2.05) is 24.3 Å². The summed E-state index contributed by atoms with van der Waals surface area (Å²) in [6, 6.07) is 12.8. The minimum Gasteiger partial charge on any atom is -0.307 e. The highest BCUT2D eigenvalue weighted by molar-refractivity contribution is 5.99. The lowest BCUT2D eigenvalue weighted by atomic mass is 10.1. The lowest BCUT2D eigenvalue weighted by molar-refractivity contribution is -0.116. The highest BCUT2D eigenvalue weighted by Crippen LogP contribution is 2.22. The second-order valence-electron chi connectivity index (χ2n) is 6.06. The number of nitrogens with one attached hydrogen (secondary N) is 1. The van der Waals surface area contributed by atoms with E-state index < -0.39 is 11.6 Å². The Labute approximate surface area is 153 Å². The maximum Gasteiger partial charge on any atom is 0.247 e. The second-order valence-corrected chi connectivity index (χ2v) is 6.06. The summed E-state index contributed by atoms with van der Waals surface area (Å²) in [4.78, 5) is 12.3. The molecule has 136 valence electrons. The third-order valence-corrected chi connectivity index (χ3v) is 4.18. The number of hydrogen-bond acceptors (Lipinski definition) is 3. The fraction of sp³-hybridized carbons (Fsp3) is 0.105. The van der Waals surface area contributed by atoms with Crippen LogP contribution in [0.25, 0.3) is 22.2 Å². The summed E-state index contributed by atoms with van der Waals surface area (Å²) in [7, 11) is 1.81. The van der Waals surface area contributed by atoms with Crippen LogP contribution in [0.1, 0.15) is 0 Å². The van der Waals surface area contributed by atoms with Crippen molar-refractivity contribution in [1.29, 1.82) is 0 Å². The molecule has 0 saturated heterocycles. The molecule has 0 bridgehead atoms. The Balaban J connectivity index is 1.50. The van der Waals surface area contributed by atoms with Crippen molar-refractivity contribution in [2.24, 2.45) is 7.05 Å². The molecule has 2 aromatic heterocycles. The van der Waals surface area contributed by atoms with E-state index in [2.05, 4.69) is 15.5 Å². The van der Waals surface area contributed by atoms with Gasteiger partial charge in [0, 0.05) is 24.2 Å². The SMILES string of the molecule is Cn1nc(NC(=O)Cn2ccc(-c3ccc(F)c(F)c3)n2)c2ccccc21. The molecule has 4 aromatic rings. The molecule has 0 aliphatic carbocycles. The van der Waals surface area contributed by atoms with Gasteiger partial charge in [-0.05, 0) is 36.4 Å². The number of rotatable bonds is 4. The number of aryl methyl sites for hydroxylation is 1. The molecule has 0 aliphatic heterocycles. The van der Waals surface area contributed by atoms with Crippen LogP contribution in [-0.4, -0.2) is 25.5 Å². The van der Waals surface area contributed by atoms with Gasteiger partial charge in [0.05, 0.1) is 11.2 Å². The van der Waals surface area contributed by atoms with Gasteiger partial charge in [0.15, 0.2) is 17.5 Å².